The van der Waals surface area contributed by atoms with Crippen LogP contribution in [0.25, 0.3) is 0 Å². The van der Waals surface area contributed by atoms with Gasteiger partial charge in [0.15, 0.2) is 0 Å². The summed E-state index contributed by atoms with van der Waals surface area (Å²) in [7, 11) is 0. The Labute approximate surface area is 184 Å². The lowest BCUT2D eigenvalue weighted by molar-refractivity contribution is 0.109. The molecular formula is C25H33N3O3. The molecule has 2 aromatic rings. The molecule has 2 aliphatic heterocycles. The molecular weight excluding hydrogens is 390 g/mol. The number of rotatable bonds is 7. The molecule has 31 heavy (non-hydrogen) atoms. The van der Waals surface area contributed by atoms with Crippen LogP contribution in [0.15, 0.2) is 48.5 Å². The second-order valence-electron chi connectivity index (χ2n) is 8.63. The summed E-state index contributed by atoms with van der Waals surface area (Å²) in [5, 5.41) is 17.3. The number of fused-ring (bicyclic) bond motifs is 1. The summed E-state index contributed by atoms with van der Waals surface area (Å²) in [6, 6.07) is 15.0. The third kappa shape index (κ3) is 5.57. The molecule has 0 aromatic heterocycles. The molecule has 1 fully saturated rings. The monoisotopic (exact) mass is 423 g/mol. The number of amides is 2. The average Bonchev–Trinajstić information content (AvgIpc) is 3.31. The number of hydrogen-bond acceptors (Lipinski definition) is 4. The number of nitrogens with one attached hydrogen (secondary N) is 2. The Morgan fingerprint density at radius 2 is 1.84 bits per heavy atom. The van der Waals surface area contributed by atoms with Crippen molar-refractivity contribution in [2.75, 3.05) is 26.2 Å². The number of nitrogens with zero attached hydrogens (tertiary/aromatic N) is 1. The zero-order chi connectivity index (χ0) is 21.6. The van der Waals surface area contributed by atoms with Gasteiger partial charge in [0.05, 0.1) is 18.7 Å². The van der Waals surface area contributed by atoms with Crippen molar-refractivity contribution in [1.82, 2.24) is 15.5 Å². The van der Waals surface area contributed by atoms with Crippen molar-refractivity contribution in [3.05, 3.63) is 65.2 Å². The number of hydrogen-bond donors (Lipinski definition) is 3. The molecule has 2 aromatic carbocycles. The first kappa shape index (κ1) is 21.7. The van der Waals surface area contributed by atoms with Gasteiger partial charge in [-0.25, -0.2) is 4.79 Å². The van der Waals surface area contributed by atoms with Crippen LogP contribution in [0.2, 0.25) is 0 Å². The van der Waals surface area contributed by atoms with Gasteiger partial charge in [0.25, 0.3) is 0 Å². The van der Waals surface area contributed by atoms with Gasteiger partial charge < -0.3 is 25.4 Å². The van der Waals surface area contributed by atoms with E-state index in [9.17, 15) is 9.90 Å². The number of likely N-dealkylation sites (tertiary alicyclic amines) is 1. The van der Waals surface area contributed by atoms with Crippen LogP contribution in [0, 0.1) is 0 Å². The van der Waals surface area contributed by atoms with E-state index < -0.39 is 12.1 Å². The first-order chi connectivity index (χ1) is 15.1. The van der Waals surface area contributed by atoms with Crippen LogP contribution in [-0.2, 0) is 6.42 Å². The Kier molecular flexibility index (Phi) is 7.10. The summed E-state index contributed by atoms with van der Waals surface area (Å²) in [5.41, 5.74) is 3.00. The summed E-state index contributed by atoms with van der Waals surface area (Å²) in [4.78, 5) is 15.1. The summed E-state index contributed by atoms with van der Waals surface area (Å²) in [5.74, 6) is 0.903. The van der Waals surface area contributed by atoms with Crippen molar-refractivity contribution in [3.63, 3.8) is 0 Å². The number of aryl methyl sites for hydroxylation is 1. The molecule has 2 amide bonds. The van der Waals surface area contributed by atoms with E-state index in [1.165, 1.54) is 0 Å². The number of aliphatic hydroxyl groups excluding tert-OH is 1. The van der Waals surface area contributed by atoms with E-state index in [0.29, 0.717) is 6.54 Å². The van der Waals surface area contributed by atoms with Gasteiger partial charge in [-0.3, -0.25) is 0 Å². The predicted molar refractivity (Wildman–Crippen MR) is 121 cm³/mol. The second-order valence-corrected chi connectivity index (χ2v) is 8.63. The molecule has 2 aliphatic rings. The highest BCUT2D eigenvalue weighted by Gasteiger charge is 2.28. The van der Waals surface area contributed by atoms with Gasteiger partial charge in [0.1, 0.15) is 11.9 Å². The molecule has 0 saturated carbocycles. The molecule has 6 nitrogen and oxygen atoms in total. The van der Waals surface area contributed by atoms with Gasteiger partial charge in [0.2, 0.25) is 0 Å². The van der Waals surface area contributed by atoms with Crippen molar-refractivity contribution in [1.29, 1.82) is 0 Å². The van der Waals surface area contributed by atoms with Gasteiger partial charge >= 0.3 is 6.03 Å². The standard InChI is InChI=1S/C25H33N3O3/c1-18(19-8-3-2-4-9-19)26-25(30)27-22(17-28-13-5-6-14-28)24(29)21-11-12-23-20(16-21)10-7-15-31-23/h2-4,8-9,11-12,16,18,22,24,29H,5-7,10,13-15,17H2,1H3,(H2,26,27,30)/t18-,22+,24+/m0/s1. The zero-order valence-electron chi connectivity index (χ0n) is 18.2. The number of ether oxygens (including phenoxy) is 1. The van der Waals surface area contributed by atoms with Crippen molar-refractivity contribution in [3.8, 4) is 5.75 Å². The molecule has 0 unspecified atom stereocenters. The van der Waals surface area contributed by atoms with Gasteiger partial charge in [-0.1, -0.05) is 36.4 Å². The van der Waals surface area contributed by atoms with E-state index in [4.69, 9.17) is 4.74 Å². The molecule has 2 heterocycles. The fraction of sp³-hybridized carbons (Fsp3) is 0.480. The van der Waals surface area contributed by atoms with Gasteiger partial charge in [0, 0.05) is 6.54 Å². The van der Waals surface area contributed by atoms with Gasteiger partial charge in [-0.05, 0) is 74.5 Å². The fourth-order valence-corrected chi connectivity index (χ4v) is 4.50. The number of urea groups is 1. The largest absolute Gasteiger partial charge is 0.493 e. The third-order valence-electron chi connectivity index (χ3n) is 6.27. The third-order valence-corrected chi connectivity index (χ3v) is 6.27. The Hall–Kier alpha value is -2.57. The SMILES string of the molecule is C[C@H](NC(=O)N[C@H](CN1CCCC1)[C@H](O)c1ccc2c(c1)CCCO2)c1ccccc1. The second kappa shape index (κ2) is 10.2. The van der Waals surface area contributed by atoms with Crippen molar-refractivity contribution >= 4 is 6.03 Å². The number of aliphatic hydroxyl groups is 1. The first-order valence-corrected chi connectivity index (χ1v) is 11.4. The molecule has 4 rings (SSSR count). The maximum absolute atomic E-state index is 12.8. The topological polar surface area (TPSA) is 73.8 Å². The minimum absolute atomic E-state index is 0.119. The highest BCUT2D eigenvalue weighted by atomic mass is 16.5. The summed E-state index contributed by atoms with van der Waals surface area (Å²) in [6.07, 6.45) is 3.48. The molecule has 3 atom stereocenters. The Morgan fingerprint density at radius 3 is 2.61 bits per heavy atom. The average molecular weight is 424 g/mol. The molecule has 3 N–H and O–H groups in total. The van der Waals surface area contributed by atoms with E-state index in [0.717, 1.165) is 67.8 Å². The minimum Gasteiger partial charge on any atom is -0.493 e. The Morgan fingerprint density at radius 1 is 1.06 bits per heavy atom. The minimum atomic E-state index is -0.786. The van der Waals surface area contributed by atoms with Crippen LogP contribution in [0.5, 0.6) is 5.75 Å². The Balaban J connectivity index is 1.46. The molecule has 1 saturated heterocycles. The first-order valence-electron chi connectivity index (χ1n) is 11.4. The quantitative estimate of drug-likeness (QED) is 0.637. The van der Waals surface area contributed by atoms with E-state index in [2.05, 4.69) is 15.5 Å². The fourth-order valence-electron chi connectivity index (χ4n) is 4.50. The summed E-state index contributed by atoms with van der Waals surface area (Å²) < 4.78 is 5.71. The predicted octanol–water partition coefficient (Wildman–Crippen LogP) is 3.57. The van der Waals surface area contributed by atoms with Gasteiger partial charge in [-0.2, -0.15) is 0 Å². The Bertz CT molecular complexity index is 868. The molecule has 0 spiro atoms. The van der Waals surface area contributed by atoms with E-state index >= 15 is 0 Å². The van der Waals surface area contributed by atoms with Crippen LogP contribution < -0.4 is 15.4 Å². The molecule has 0 bridgehead atoms. The number of carbonyl (C=O) groups excluding carboxylic acids is 1. The zero-order valence-corrected chi connectivity index (χ0v) is 18.2. The maximum Gasteiger partial charge on any atom is 0.315 e. The van der Waals surface area contributed by atoms with Crippen molar-refractivity contribution in [2.24, 2.45) is 0 Å². The van der Waals surface area contributed by atoms with Crippen molar-refractivity contribution < 1.29 is 14.6 Å². The van der Waals surface area contributed by atoms with E-state index in [-0.39, 0.29) is 12.1 Å². The lowest BCUT2D eigenvalue weighted by Gasteiger charge is -2.30. The number of benzene rings is 2. The molecule has 0 aliphatic carbocycles. The van der Waals surface area contributed by atoms with E-state index in [1.54, 1.807) is 0 Å². The van der Waals surface area contributed by atoms with Crippen LogP contribution in [0.1, 0.15) is 55.0 Å². The van der Waals surface area contributed by atoms with Crippen LogP contribution in [0.3, 0.4) is 0 Å². The normalized spacial score (nSPS) is 19.0. The van der Waals surface area contributed by atoms with Crippen LogP contribution in [-0.4, -0.2) is 48.3 Å². The molecule has 166 valence electrons. The summed E-state index contributed by atoms with van der Waals surface area (Å²) in [6.45, 7) is 5.34. The van der Waals surface area contributed by atoms with Gasteiger partial charge in [-0.15, -0.1) is 0 Å². The molecule has 6 heteroatoms. The van der Waals surface area contributed by atoms with E-state index in [1.807, 2.05) is 55.5 Å². The lowest BCUT2D eigenvalue weighted by Crippen LogP contribution is -2.50. The maximum atomic E-state index is 12.8. The number of carbonyl (C=O) groups is 1. The van der Waals surface area contributed by atoms with Crippen molar-refractivity contribution in [2.45, 2.75) is 50.8 Å². The van der Waals surface area contributed by atoms with Crippen LogP contribution >= 0.6 is 0 Å². The highest BCUT2D eigenvalue weighted by Crippen LogP contribution is 2.29. The van der Waals surface area contributed by atoms with Crippen LogP contribution in [0.4, 0.5) is 4.79 Å². The highest BCUT2D eigenvalue weighted by molar-refractivity contribution is 5.75. The smallest absolute Gasteiger partial charge is 0.315 e. The summed E-state index contributed by atoms with van der Waals surface area (Å²) >= 11 is 0. The molecule has 0 radical (unpaired) electrons. The lowest BCUT2D eigenvalue weighted by atomic mass is 9.96.